The van der Waals surface area contributed by atoms with Crippen LogP contribution in [0.4, 0.5) is 0 Å². The van der Waals surface area contributed by atoms with Crippen molar-refractivity contribution < 1.29 is 46.1 Å². The fourth-order valence-electron chi connectivity index (χ4n) is 9.96. The van der Waals surface area contributed by atoms with Crippen molar-refractivity contribution in [1.29, 1.82) is 0 Å². The first-order valence-electron chi connectivity index (χ1n) is 20.8. The Morgan fingerprint density at radius 2 is 1.10 bits per heavy atom. The largest absolute Gasteiger partial charge is 1.00 e. The molecule has 0 fully saturated rings. The van der Waals surface area contributed by atoms with Crippen molar-refractivity contribution in [3.05, 3.63) is 190 Å². The summed E-state index contributed by atoms with van der Waals surface area (Å²) in [6.45, 7) is 23.1. The summed E-state index contributed by atoms with van der Waals surface area (Å²) in [6, 6.07) is 39.0. The monoisotopic (exact) mass is 944 g/mol. The predicted octanol–water partition coefficient (Wildman–Crippen LogP) is 9.17. The number of allylic oxidation sites excluding steroid dienone is 4. The molecule has 0 aromatic heterocycles. The number of aryl methyl sites for hydroxylation is 6. The normalized spacial score (nSPS) is 13.9. The summed E-state index contributed by atoms with van der Waals surface area (Å²) in [7, 11) is 0. The summed E-state index contributed by atoms with van der Waals surface area (Å²) in [5.74, 6) is 0.366. The summed E-state index contributed by atoms with van der Waals surface area (Å²) in [4.78, 5) is 0. The van der Waals surface area contributed by atoms with E-state index in [1.165, 1.54) is 97.8 Å². The number of rotatable bonds is 7. The van der Waals surface area contributed by atoms with Gasteiger partial charge in [-0.3, -0.25) is 0 Å². The molecule has 0 saturated carbocycles. The van der Waals surface area contributed by atoms with Gasteiger partial charge < -0.3 is 24.8 Å². The van der Waals surface area contributed by atoms with E-state index < -0.39 is 21.3 Å². The van der Waals surface area contributed by atoms with Crippen molar-refractivity contribution in [2.45, 2.75) is 82.1 Å². The van der Waals surface area contributed by atoms with E-state index in [2.05, 4.69) is 185 Å². The Morgan fingerprint density at radius 3 is 1.60 bits per heavy atom. The molecule has 60 heavy (non-hydrogen) atoms. The Balaban J connectivity index is 0.00000302. The third-order valence-electron chi connectivity index (χ3n) is 12.4. The van der Waals surface area contributed by atoms with Gasteiger partial charge in [-0.05, 0) is 0 Å². The van der Waals surface area contributed by atoms with Gasteiger partial charge in [-0.25, -0.2) is 0 Å². The molecule has 1 unspecified atom stereocenters. The van der Waals surface area contributed by atoms with Gasteiger partial charge in [0, 0.05) is 0 Å². The van der Waals surface area contributed by atoms with E-state index in [1.807, 2.05) is 0 Å². The number of halogens is 4. The molecule has 0 amide bonds. The van der Waals surface area contributed by atoms with E-state index in [-0.39, 0.29) is 30.2 Å². The van der Waals surface area contributed by atoms with Crippen molar-refractivity contribution >= 4 is 29.7 Å². The van der Waals surface area contributed by atoms with Gasteiger partial charge in [0.1, 0.15) is 0 Å². The van der Waals surface area contributed by atoms with Gasteiger partial charge in [0.2, 0.25) is 0 Å². The molecule has 0 aliphatic heterocycles. The number of benzene rings is 6. The van der Waals surface area contributed by atoms with E-state index >= 15 is 0 Å². The van der Waals surface area contributed by atoms with E-state index in [9.17, 15) is 0 Å². The first-order chi connectivity index (χ1) is 27.6. The second-order valence-electron chi connectivity index (χ2n) is 17.9. The quantitative estimate of drug-likeness (QED) is 0.150. The first kappa shape index (κ1) is 46.2. The van der Waals surface area contributed by atoms with Crippen molar-refractivity contribution in [3.8, 4) is 33.4 Å². The van der Waals surface area contributed by atoms with E-state index in [4.69, 9.17) is 23.2 Å². The molecule has 0 spiro atoms. The molecule has 5 heteroatoms. The second-order valence-corrected chi connectivity index (χ2v) is 24.5. The molecular formula is C55H54Cl4Zr. The van der Waals surface area contributed by atoms with E-state index in [0.29, 0.717) is 5.92 Å². The van der Waals surface area contributed by atoms with Gasteiger partial charge in [-0.15, -0.1) is 0 Å². The Hall–Kier alpha value is -3.29. The topological polar surface area (TPSA) is 0 Å². The minimum absolute atomic E-state index is 0. The standard InChI is InChI=1S/C31H29.C13H8Cl2.C11H17.2ClH.Zr/c1-18-11-20(3)30(21(4)12-18)24-7-9-28-26(15-24)17-27-16-25(8-10-29(27)28)31-22(5)13-19(2)14-23(31)6;14-12-5-1-10(2-6-12)9-11-3-7-13(15)8-4-11;1-5-9-6-7-10(8-9)11(2,3)4;;;/h7-15H,17H2,1-6H3;1-8H;7-9H,5H2,1-4H3;2*1H;/q;;;;;+2/p-2. The molecule has 0 N–H and O–H groups in total. The van der Waals surface area contributed by atoms with Gasteiger partial charge >= 0.3 is 368 Å². The van der Waals surface area contributed by atoms with Gasteiger partial charge in [0.15, 0.2) is 0 Å². The van der Waals surface area contributed by atoms with Crippen LogP contribution in [-0.2, 0) is 27.7 Å². The van der Waals surface area contributed by atoms with Crippen LogP contribution in [0, 0.1) is 52.9 Å². The van der Waals surface area contributed by atoms with Gasteiger partial charge in [-0.2, -0.15) is 0 Å². The van der Waals surface area contributed by atoms with Crippen LogP contribution in [0.5, 0.6) is 0 Å². The smallest absolute Gasteiger partial charge is 1.00 e. The molecule has 0 bridgehead atoms. The molecule has 2 aliphatic rings. The number of hydrogen-bond acceptors (Lipinski definition) is 0. The molecular weight excluding hydrogens is 894 g/mol. The minimum atomic E-state index is -3.26. The van der Waals surface area contributed by atoms with Crippen molar-refractivity contribution in [3.63, 3.8) is 0 Å². The summed E-state index contributed by atoms with van der Waals surface area (Å²) in [6.07, 6.45) is 7.24. The van der Waals surface area contributed by atoms with Gasteiger partial charge in [-0.1, -0.05) is 0 Å². The zero-order chi connectivity index (χ0) is 41.2. The molecule has 0 nitrogen and oxygen atoms in total. The molecule has 6 aromatic rings. The molecule has 2 aliphatic carbocycles. The average molecular weight is 948 g/mol. The van der Waals surface area contributed by atoms with Crippen LogP contribution in [0.2, 0.25) is 10.0 Å². The maximum atomic E-state index is 6.66. The molecule has 8 rings (SSSR count). The molecule has 1 atom stereocenters. The van der Waals surface area contributed by atoms with E-state index in [0.717, 1.165) is 22.9 Å². The van der Waals surface area contributed by atoms with E-state index in [1.54, 1.807) is 6.55 Å². The molecule has 6 aromatic carbocycles. The number of fused-ring (bicyclic) bond motifs is 3. The van der Waals surface area contributed by atoms with Gasteiger partial charge in [0.25, 0.3) is 0 Å². The summed E-state index contributed by atoms with van der Waals surface area (Å²) >= 11 is 10.1. The minimum Gasteiger partial charge on any atom is -1.00 e. The maximum absolute atomic E-state index is 6.66. The molecule has 0 radical (unpaired) electrons. The van der Waals surface area contributed by atoms with Crippen LogP contribution in [0.1, 0.15) is 89.8 Å². The molecule has 306 valence electrons. The van der Waals surface area contributed by atoms with Crippen LogP contribution < -0.4 is 28.1 Å². The van der Waals surface area contributed by atoms with Crippen LogP contribution in [-0.4, -0.2) is 3.21 Å². The van der Waals surface area contributed by atoms with Crippen molar-refractivity contribution in [2.24, 2.45) is 11.3 Å². The number of hydrogen-bond donors (Lipinski definition) is 0. The fraction of sp³-hybridized carbons (Fsp3) is 0.255. The maximum Gasteiger partial charge on any atom is -1.00 e. The summed E-state index contributed by atoms with van der Waals surface area (Å²) in [5, 5.41) is 1.51. The van der Waals surface area contributed by atoms with Crippen molar-refractivity contribution in [1.82, 2.24) is 0 Å². The first-order valence-corrected chi connectivity index (χ1v) is 25.2. The predicted molar refractivity (Wildman–Crippen MR) is 249 cm³/mol. The van der Waals surface area contributed by atoms with Crippen molar-refractivity contribution in [2.75, 3.05) is 0 Å². The third kappa shape index (κ3) is 8.70. The summed E-state index contributed by atoms with van der Waals surface area (Å²) in [5.41, 5.74) is 23.1. The molecule has 0 heterocycles. The average Bonchev–Trinajstić information content (AvgIpc) is 3.76. The Labute approximate surface area is 389 Å². The fourth-order valence-corrected chi connectivity index (χ4v) is 19.3. The molecule has 0 saturated heterocycles. The Kier molecular flexibility index (Phi) is 14.0. The van der Waals surface area contributed by atoms with Crippen LogP contribution >= 0.6 is 23.2 Å². The Morgan fingerprint density at radius 1 is 0.617 bits per heavy atom. The summed E-state index contributed by atoms with van der Waals surface area (Å²) < 4.78 is 4.72. The Bertz CT molecular complexity index is 2630. The SMILES string of the molecule is CCC1C=C(C(C)(C)C)C=[C]1[Zr+2](=[C](c1ccc(Cl)cc1)c1ccc(Cl)cc1)[c]1c(-c2c(C)cc(C)cc2C)ccc2c1Cc1cc(-c3c(C)cc(C)cc3C)ccc1-2.[Cl-].[Cl-]. The zero-order valence-corrected chi connectivity index (χ0v) is 42.0. The third-order valence-corrected chi connectivity index (χ3v) is 20.9. The zero-order valence-electron chi connectivity index (χ0n) is 36.5. The second kappa shape index (κ2) is 18.2. The van der Waals surface area contributed by atoms with Crippen LogP contribution in [0.25, 0.3) is 33.4 Å². The van der Waals surface area contributed by atoms with Gasteiger partial charge in [0.05, 0.1) is 0 Å². The van der Waals surface area contributed by atoms with Crippen LogP contribution in [0.3, 0.4) is 0 Å². The van der Waals surface area contributed by atoms with Crippen LogP contribution in [0.15, 0.2) is 124 Å².